The molecule has 29 heavy (non-hydrogen) atoms. The van der Waals surface area contributed by atoms with Gasteiger partial charge in [-0.05, 0) is 42.5 Å². The van der Waals surface area contributed by atoms with Gasteiger partial charge in [0.15, 0.2) is 5.82 Å². The van der Waals surface area contributed by atoms with Gasteiger partial charge in [0, 0.05) is 12.6 Å². The van der Waals surface area contributed by atoms with Crippen molar-refractivity contribution in [3.8, 4) is 5.69 Å². The number of anilines is 1. The number of fused-ring (bicyclic) bond motifs is 1. The van der Waals surface area contributed by atoms with Crippen LogP contribution < -0.4 is 10.9 Å². The number of rotatable bonds is 4. The van der Waals surface area contributed by atoms with E-state index in [9.17, 15) is 18.7 Å². The SMILES string of the molecule is O=c1c(Cl)c(NCC2(O)CCCc3ccccc32)cnn1-c1ccc(F)cc1F. The largest absolute Gasteiger partial charge is 0.383 e. The first kappa shape index (κ1) is 19.5. The molecule has 1 unspecified atom stereocenters. The van der Waals surface area contributed by atoms with Gasteiger partial charge in [-0.2, -0.15) is 9.78 Å². The average molecular weight is 418 g/mol. The molecule has 1 atom stereocenters. The van der Waals surface area contributed by atoms with Gasteiger partial charge in [-0.25, -0.2) is 8.78 Å². The Morgan fingerprint density at radius 3 is 2.83 bits per heavy atom. The molecule has 0 bridgehead atoms. The average Bonchev–Trinajstić information content (AvgIpc) is 2.70. The van der Waals surface area contributed by atoms with Gasteiger partial charge < -0.3 is 10.4 Å². The lowest BCUT2D eigenvalue weighted by Gasteiger charge is -2.35. The summed E-state index contributed by atoms with van der Waals surface area (Å²) >= 11 is 6.18. The van der Waals surface area contributed by atoms with E-state index < -0.39 is 22.8 Å². The summed E-state index contributed by atoms with van der Waals surface area (Å²) in [6, 6.07) is 10.5. The van der Waals surface area contributed by atoms with Crippen LogP contribution >= 0.6 is 11.6 Å². The first-order chi connectivity index (χ1) is 13.9. The van der Waals surface area contributed by atoms with Crippen LogP contribution in [-0.2, 0) is 12.0 Å². The molecule has 1 aromatic heterocycles. The fourth-order valence-corrected chi connectivity index (χ4v) is 3.90. The molecular weight excluding hydrogens is 400 g/mol. The molecule has 3 aromatic rings. The third kappa shape index (κ3) is 3.63. The van der Waals surface area contributed by atoms with E-state index in [-0.39, 0.29) is 22.9 Å². The van der Waals surface area contributed by atoms with E-state index in [4.69, 9.17) is 11.6 Å². The van der Waals surface area contributed by atoms with Crippen LogP contribution in [0.15, 0.2) is 53.5 Å². The highest BCUT2D eigenvalue weighted by Crippen LogP contribution is 2.35. The summed E-state index contributed by atoms with van der Waals surface area (Å²) in [6.07, 6.45) is 3.59. The van der Waals surface area contributed by atoms with E-state index >= 15 is 0 Å². The zero-order valence-electron chi connectivity index (χ0n) is 15.3. The van der Waals surface area contributed by atoms with Crippen LogP contribution in [0.3, 0.4) is 0 Å². The monoisotopic (exact) mass is 417 g/mol. The topological polar surface area (TPSA) is 67.2 Å². The molecule has 0 fully saturated rings. The molecule has 0 saturated carbocycles. The number of aromatic nitrogens is 2. The number of benzene rings is 2. The highest BCUT2D eigenvalue weighted by molar-refractivity contribution is 6.32. The lowest BCUT2D eigenvalue weighted by molar-refractivity contribution is 0.0323. The summed E-state index contributed by atoms with van der Waals surface area (Å²) in [6.45, 7) is 0.139. The second-order valence-corrected chi connectivity index (χ2v) is 7.46. The van der Waals surface area contributed by atoms with E-state index in [1.54, 1.807) is 0 Å². The minimum Gasteiger partial charge on any atom is -0.383 e. The zero-order valence-corrected chi connectivity index (χ0v) is 16.1. The van der Waals surface area contributed by atoms with Crippen molar-refractivity contribution in [3.05, 3.63) is 86.8 Å². The predicted octanol–water partition coefficient (Wildman–Crippen LogP) is 3.80. The summed E-state index contributed by atoms with van der Waals surface area (Å²) in [5.41, 5.74) is 0.115. The highest BCUT2D eigenvalue weighted by Gasteiger charge is 2.34. The molecule has 4 rings (SSSR count). The molecular formula is C21H18ClF2N3O2. The Balaban J connectivity index is 1.61. The van der Waals surface area contributed by atoms with Crippen LogP contribution in [0, 0.1) is 11.6 Å². The van der Waals surface area contributed by atoms with Crippen LogP contribution in [0.5, 0.6) is 0 Å². The van der Waals surface area contributed by atoms with Gasteiger partial charge in [0.25, 0.3) is 5.56 Å². The van der Waals surface area contributed by atoms with Crippen molar-refractivity contribution in [1.82, 2.24) is 9.78 Å². The van der Waals surface area contributed by atoms with Gasteiger partial charge in [-0.1, -0.05) is 35.9 Å². The lowest BCUT2D eigenvalue weighted by atomic mass is 9.79. The normalized spacial score (nSPS) is 18.3. The molecule has 0 saturated heterocycles. The third-order valence-corrected chi connectivity index (χ3v) is 5.55. The zero-order chi connectivity index (χ0) is 20.6. The van der Waals surface area contributed by atoms with Gasteiger partial charge in [0.2, 0.25) is 0 Å². The standard InChI is InChI=1S/C21H18ClF2N3O2/c22-19-17(11-26-27(20(19)28)18-8-7-14(23)10-16(18)24)25-12-21(29)9-3-5-13-4-1-2-6-15(13)21/h1-2,4,6-8,10-11,25,29H,3,5,9,12H2. The van der Waals surface area contributed by atoms with Crippen LogP contribution in [0.25, 0.3) is 5.69 Å². The van der Waals surface area contributed by atoms with E-state index in [1.165, 1.54) is 6.20 Å². The van der Waals surface area contributed by atoms with Crippen LogP contribution in [0.2, 0.25) is 5.02 Å². The van der Waals surface area contributed by atoms with Crippen molar-refractivity contribution >= 4 is 17.3 Å². The minimum atomic E-state index is -1.10. The molecule has 5 nitrogen and oxygen atoms in total. The Bertz CT molecular complexity index is 1140. The summed E-state index contributed by atoms with van der Waals surface area (Å²) in [4.78, 5) is 12.6. The molecule has 150 valence electrons. The highest BCUT2D eigenvalue weighted by atomic mass is 35.5. The second kappa shape index (κ2) is 7.57. The number of nitrogens with zero attached hydrogens (tertiary/aromatic N) is 2. The molecule has 1 aliphatic rings. The Morgan fingerprint density at radius 1 is 1.24 bits per heavy atom. The molecule has 8 heteroatoms. The Kier molecular flexibility index (Phi) is 5.10. The summed E-state index contributed by atoms with van der Waals surface area (Å²) < 4.78 is 27.9. The quantitative estimate of drug-likeness (QED) is 0.677. The van der Waals surface area contributed by atoms with Gasteiger partial charge >= 0.3 is 0 Å². The van der Waals surface area contributed by atoms with Crippen molar-refractivity contribution in [3.63, 3.8) is 0 Å². The first-order valence-electron chi connectivity index (χ1n) is 9.17. The summed E-state index contributed by atoms with van der Waals surface area (Å²) in [7, 11) is 0. The number of nitrogens with one attached hydrogen (secondary N) is 1. The fourth-order valence-electron chi connectivity index (χ4n) is 3.70. The molecule has 2 N–H and O–H groups in total. The predicted molar refractivity (Wildman–Crippen MR) is 107 cm³/mol. The van der Waals surface area contributed by atoms with Crippen LogP contribution in [-0.4, -0.2) is 21.4 Å². The summed E-state index contributed by atoms with van der Waals surface area (Å²) in [5.74, 6) is -1.69. The lowest BCUT2D eigenvalue weighted by Crippen LogP contribution is -2.38. The van der Waals surface area contributed by atoms with Crippen molar-refractivity contribution in [2.24, 2.45) is 0 Å². The van der Waals surface area contributed by atoms with Crippen molar-refractivity contribution in [1.29, 1.82) is 0 Å². The minimum absolute atomic E-state index is 0.139. The number of aryl methyl sites for hydroxylation is 1. The van der Waals surface area contributed by atoms with Crippen molar-refractivity contribution in [2.45, 2.75) is 24.9 Å². The molecule has 1 aliphatic carbocycles. The fraction of sp³-hybridized carbons (Fsp3) is 0.238. The molecule has 1 heterocycles. The Morgan fingerprint density at radius 2 is 2.03 bits per heavy atom. The van der Waals surface area contributed by atoms with Crippen LogP contribution in [0.4, 0.5) is 14.5 Å². The number of hydrogen-bond donors (Lipinski definition) is 2. The molecule has 0 aliphatic heterocycles. The Labute approximate surface area is 170 Å². The molecule has 0 radical (unpaired) electrons. The maximum Gasteiger partial charge on any atom is 0.292 e. The van der Waals surface area contributed by atoms with Crippen molar-refractivity contribution in [2.75, 3.05) is 11.9 Å². The first-order valence-corrected chi connectivity index (χ1v) is 9.55. The Hall–Kier alpha value is -2.77. The van der Waals surface area contributed by atoms with Crippen molar-refractivity contribution < 1.29 is 13.9 Å². The molecule has 0 amide bonds. The number of halogens is 3. The van der Waals surface area contributed by atoms with Crippen LogP contribution in [0.1, 0.15) is 24.0 Å². The number of hydrogen-bond acceptors (Lipinski definition) is 4. The maximum absolute atomic E-state index is 14.0. The molecule has 2 aromatic carbocycles. The third-order valence-electron chi connectivity index (χ3n) is 5.18. The van der Waals surface area contributed by atoms with Gasteiger partial charge in [0.1, 0.15) is 22.1 Å². The van der Waals surface area contributed by atoms with E-state index in [2.05, 4.69) is 10.4 Å². The van der Waals surface area contributed by atoms with E-state index in [1.807, 2.05) is 24.3 Å². The summed E-state index contributed by atoms with van der Waals surface area (Å²) in [5, 5.41) is 17.9. The second-order valence-electron chi connectivity index (χ2n) is 7.08. The number of aliphatic hydroxyl groups is 1. The smallest absolute Gasteiger partial charge is 0.292 e. The van der Waals surface area contributed by atoms with Gasteiger partial charge in [-0.3, -0.25) is 4.79 Å². The van der Waals surface area contributed by atoms with E-state index in [0.717, 1.165) is 40.8 Å². The van der Waals surface area contributed by atoms with Gasteiger partial charge in [0.05, 0.1) is 11.9 Å². The maximum atomic E-state index is 14.0. The van der Waals surface area contributed by atoms with Gasteiger partial charge in [-0.15, -0.1) is 0 Å². The molecule has 0 spiro atoms. The van der Waals surface area contributed by atoms with E-state index in [0.29, 0.717) is 12.5 Å².